The van der Waals surface area contributed by atoms with Gasteiger partial charge in [-0.15, -0.1) is 5.10 Å². The van der Waals surface area contributed by atoms with Gasteiger partial charge in [-0.2, -0.15) is 0 Å². The number of hydrogen-bond donors (Lipinski definition) is 1. The zero-order valence-electron chi connectivity index (χ0n) is 11.1. The third-order valence-corrected chi connectivity index (χ3v) is 2.62. The standard InChI is InChI=1S/C13H17FN4O/c1-3-15-8-12-16-17-13(19-12)18(2)9-10-5-4-6-11(14)7-10/h4-7,15H,3,8-9H2,1-2H3. The molecule has 2 rings (SSSR count). The Bertz CT molecular complexity index is 529. The van der Waals surface area contributed by atoms with Gasteiger partial charge in [0.25, 0.3) is 0 Å². The highest BCUT2D eigenvalue weighted by molar-refractivity contribution is 5.27. The second-order valence-corrected chi connectivity index (χ2v) is 4.24. The third-order valence-electron chi connectivity index (χ3n) is 2.62. The average Bonchev–Trinajstić information content (AvgIpc) is 2.85. The second-order valence-electron chi connectivity index (χ2n) is 4.24. The lowest BCUT2D eigenvalue weighted by Gasteiger charge is -2.13. The van der Waals surface area contributed by atoms with Crippen LogP contribution in [-0.4, -0.2) is 23.8 Å². The highest BCUT2D eigenvalue weighted by Crippen LogP contribution is 2.14. The molecule has 0 spiro atoms. The molecule has 0 atom stereocenters. The zero-order chi connectivity index (χ0) is 13.7. The van der Waals surface area contributed by atoms with Gasteiger partial charge in [0.15, 0.2) is 0 Å². The molecule has 0 saturated carbocycles. The van der Waals surface area contributed by atoms with Crippen molar-refractivity contribution in [1.29, 1.82) is 0 Å². The Balaban J connectivity index is 1.99. The number of halogens is 1. The maximum Gasteiger partial charge on any atom is 0.318 e. The number of nitrogens with one attached hydrogen (secondary N) is 1. The van der Waals surface area contributed by atoms with E-state index in [9.17, 15) is 4.39 Å². The van der Waals surface area contributed by atoms with E-state index in [1.54, 1.807) is 11.0 Å². The summed E-state index contributed by atoms with van der Waals surface area (Å²) in [7, 11) is 1.83. The van der Waals surface area contributed by atoms with Crippen molar-refractivity contribution in [3.63, 3.8) is 0 Å². The molecule has 0 radical (unpaired) electrons. The minimum atomic E-state index is -0.246. The van der Waals surface area contributed by atoms with Crippen LogP contribution in [0.5, 0.6) is 0 Å². The number of nitrogens with zero attached hydrogens (tertiary/aromatic N) is 3. The fourth-order valence-electron chi connectivity index (χ4n) is 1.68. The van der Waals surface area contributed by atoms with Crippen molar-refractivity contribution in [2.24, 2.45) is 0 Å². The summed E-state index contributed by atoms with van der Waals surface area (Å²) < 4.78 is 18.6. The summed E-state index contributed by atoms with van der Waals surface area (Å²) >= 11 is 0. The Labute approximate surface area is 111 Å². The lowest BCUT2D eigenvalue weighted by Crippen LogP contribution is -2.16. The second kappa shape index (κ2) is 6.29. The molecule has 1 aromatic heterocycles. The van der Waals surface area contributed by atoms with E-state index in [1.807, 2.05) is 20.0 Å². The molecule has 0 aliphatic rings. The molecule has 5 nitrogen and oxygen atoms in total. The molecule has 0 saturated heterocycles. The summed E-state index contributed by atoms with van der Waals surface area (Å²) in [5, 5.41) is 11.0. The number of anilines is 1. The molecule has 1 N–H and O–H groups in total. The maximum absolute atomic E-state index is 13.1. The van der Waals surface area contributed by atoms with Crippen molar-refractivity contribution in [2.45, 2.75) is 20.0 Å². The molecule has 0 aliphatic heterocycles. The van der Waals surface area contributed by atoms with Crippen molar-refractivity contribution >= 4 is 6.01 Å². The molecule has 102 valence electrons. The Morgan fingerprint density at radius 1 is 1.37 bits per heavy atom. The summed E-state index contributed by atoms with van der Waals surface area (Å²) in [6.07, 6.45) is 0. The van der Waals surface area contributed by atoms with E-state index in [1.165, 1.54) is 12.1 Å². The molecule has 1 aromatic carbocycles. The van der Waals surface area contributed by atoms with Gasteiger partial charge in [-0.3, -0.25) is 0 Å². The smallest absolute Gasteiger partial charge is 0.318 e. The summed E-state index contributed by atoms with van der Waals surface area (Å²) in [4.78, 5) is 1.79. The Hall–Kier alpha value is -1.95. The predicted molar refractivity (Wildman–Crippen MR) is 70.2 cm³/mol. The van der Waals surface area contributed by atoms with Crippen molar-refractivity contribution < 1.29 is 8.81 Å². The van der Waals surface area contributed by atoms with E-state index in [4.69, 9.17) is 4.42 Å². The van der Waals surface area contributed by atoms with E-state index >= 15 is 0 Å². The largest absolute Gasteiger partial charge is 0.407 e. The van der Waals surface area contributed by atoms with Crippen molar-refractivity contribution in [3.05, 3.63) is 41.5 Å². The van der Waals surface area contributed by atoms with Crippen LogP contribution in [0.3, 0.4) is 0 Å². The van der Waals surface area contributed by atoms with Gasteiger partial charge in [0.2, 0.25) is 5.89 Å². The Morgan fingerprint density at radius 3 is 2.95 bits per heavy atom. The minimum absolute atomic E-state index is 0.246. The van der Waals surface area contributed by atoms with Gasteiger partial charge in [-0.25, -0.2) is 4.39 Å². The summed E-state index contributed by atoms with van der Waals surface area (Å²) in [6, 6.07) is 6.88. The lowest BCUT2D eigenvalue weighted by atomic mass is 10.2. The van der Waals surface area contributed by atoms with Crippen molar-refractivity contribution in [2.75, 3.05) is 18.5 Å². The SMILES string of the molecule is CCNCc1nnc(N(C)Cc2cccc(F)c2)o1. The van der Waals surface area contributed by atoms with Gasteiger partial charge in [0.05, 0.1) is 6.54 Å². The molecule has 2 aromatic rings. The van der Waals surface area contributed by atoms with Crippen LogP contribution in [0.1, 0.15) is 18.4 Å². The van der Waals surface area contributed by atoms with E-state index in [0.29, 0.717) is 25.0 Å². The molecule has 0 unspecified atom stereocenters. The van der Waals surface area contributed by atoms with Crippen LogP contribution < -0.4 is 10.2 Å². The molecule has 0 amide bonds. The van der Waals surface area contributed by atoms with Crippen LogP contribution >= 0.6 is 0 Å². The van der Waals surface area contributed by atoms with Gasteiger partial charge in [0, 0.05) is 13.6 Å². The van der Waals surface area contributed by atoms with Gasteiger partial charge < -0.3 is 14.6 Å². The van der Waals surface area contributed by atoms with Crippen LogP contribution in [0.15, 0.2) is 28.7 Å². The van der Waals surface area contributed by atoms with E-state index in [-0.39, 0.29) is 5.82 Å². The van der Waals surface area contributed by atoms with Crippen LogP contribution in [0, 0.1) is 5.82 Å². The van der Waals surface area contributed by atoms with Crippen LogP contribution in [0.4, 0.5) is 10.4 Å². The molecular weight excluding hydrogens is 247 g/mol. The fraction of sp³-hybridized carbons (Fsp3) is 0.385. The number of aromatic nitrogens is 2. The molecule has 6 heteroatoms. The van der Waals surface area contributed by atoms with E-state index in [0.717, 1.165) is 12.1 Å². The number of benzene rings is 1. The van der Waals surface area contributed by atoms with Crippen molar-refractivity contribution in [1.82, 2.24) is 15.5 Å². The molecule has 1 heterocycles. The summed E-state index contributed by atoms with van der Waals surface area (Å²) in [6.45, 7) is 3.92. The van der Waals surface area contributed by atoms with Gasteiger partial charge in [0.1, 0.15) is 5.82 Å². The average molecular weight is 264 g/mol. The monoisotopic (exact) mass is 264 g/mol. The quantitative estimate of drug-likeness (QED) is 0.864. The third kappa shape index (κ3) is 3.75. The van der Waals surface area contributed by atoms with Gasteiger partial charge >= 0.3 is 6.01 Å². The molecule has 0 fully saturated rings. The Morgan fingerprint density at radius 2 is 2.21 bits per heavy atom. The zero-order valence-corrected chi connectivity index (χ0v) is 11.1. The number of hydrogen-bond acceptors (Lipinski definition) is 5. The molecular formula is C13H17FN4O. The normalized spacial score (nSPS) is 10.7. The van der Waals surface area contributed by atoms with E-state index in [2.05, 4.69) is 15.5 Å². The first-order chi connectivity index (χ1) is 9.19. The molecule has 19 heavy (non-hydrogen) atoms. The topological polar surface area (TPSA) is 54.2 Å². The first-order valence-corrected chi connectivity index (χ1v) is 6.17. The number of rotatable bonds is 6. The van der Waals surface area contributed by atoms with Gasteiger partial charge in [-0.1, -0.05) is 24.2 Å². The summed E-state index contributed by atoms with van der Waals surface area (Å²) in [5.41, 5.74) is 0.855. The van der Waals surface area contributed by atoms with Crippen LogP contribution in [0.2, 0.25) is 0 Å². The van der Waals surface area contributed by atoms with Crippen LogP contribution in [0.25, 0.3) is 0 Å². The summed E-state index contributed by atoms with van der Waals surface area (Å²) in [5.74, 6) is 0.298. The Kier molecular flexibility index (Phi) is 4.46. The fourth-order valence-corrected chi connectivity index (χ4v) is 1.68. The van der Waals surface area contributed by atoms with Crippen LogP contribution in [-0.2, 0) is 13.1 Å². The van der Waals surface area contributed by atoms with Gasteiger partial charge in [-0.05, 0) is 24.2 Å². The molecule has 0 bridgehead atoms. The first kappa shape index (κ1) is 13.5. The molecule has 0 aliphatic carbocycles. The first-order valence-electron chi connectivity index (χ1n) is 6.17. The highest BCUT2D eigenvalue weighted by atomic mass is 19.1. The van der Waals surface area contributed by atoms with Crippen molar-refractivity contribution in [3.8, 4) is 0 Å². The predicted octanol–water partition coefficient (Wildman–Crippen LogP) is 1.95. The van der Waals surface area contributed by atoms with E-state index < -0.39 is 0 Å². The lowest BCUT2D eigenvalue weighted by molar-refractivity contribution is 0.468. The minimum Gasteiger partial charge on any atom is -0.407 e. The highest BCUT2D eigenvalue weighted by Gasteiger charge is 2.11. The maximum atomic E-state index is 13.1.